The Balaban J connectivity index is 2.13. The number of benzene rings is 1. The van der Waals surface area contributed by atoms with Gasteiger partial charge in [-0.2, -0.15) is 0 Å². The number of anilines is 1. The lowest BCUT2D eigenvalue weighted by molar-refractivity contribution is 0.417. The van der Waals surface area contributed by atoms with Gasteiger partial charge in [0.15, 0.2) is 0 Å². The summed E-state index contributed by atoms with van der Waals surface area (Å²) in [7, 11) is -2.27. The average molecular weight is 377 g/mol. The van der Waals surface area contributed by atoms with Crippen molar-refractivity contribution >= 4 is 31.6 Å². The molecule has 2 aromatic rings. The van der Waals surface area contributed by atoms with Gasteiger partial charge in [0.25, 0.3) is 10.0 Å². The zero-order valence-corrected chi connectivity index (χ0v) is 13.8. The fourth-order valence-electron chi connectivity index (χ4n) is 1.72. The van der Waals surface area contributed by atoms with E-state index in [-0.39, 0.29) is 17.5 Å². The van der Waals surface area contributed by atoms with E-state index in [4.69, 9.17) is 4.42 Å². The quantitative estimate of drug-likeness (QED) is 0.841. The van der Waals surface area contributed by atoms with Gasteiger partial charge in [0.2, 0.25) is 5.09 Å². The average Bonchev–Trinajstić information content (AvgIpc) is 2.91. The number of aryl methyl sites for hydroxylation is 1. The molecule has 21 heavy (non-hydrogen) atoms. The molecule has 0 atom stereocenters. The first-order valence-corrected chi connectivity index (χ1v) is 8.33. The van der Waals surface area contributed by atoms with E-state index in [0.29, 0.717) is 10.2 Å². The van der Waals surface area contributed by atoms with Crippen LogP contribution in [0.4, 0.5) is 10.1 Å². The number of nitrogens with one attached hydrogen (secondary N) is 2. The highest BCUT2D eigenvalue weighted by atomic mass is 79.9. The van der Waals surface area contributed by atoms with E-state index in [9.17, 15) is 12.8 Å². The molecule has 1 aromatic carbocycles. The summed E-state index contributed by atoms with van der Waals surface area (Å²) in [4.78, 5) is 0. The number of halogens is 2. The molecule has 8 heteroatoms. The Labute approximate surface area is 130 Å². The largest absolute Gasteiger partial charge is 0.446 e. The van der Waals surface area contributed by atoms with Gasteiger partial charge in [0.05, 0.1) is 11.0 Å². The molecule has 0 saturated carbocycles. The number of furan rings is 1. The van der Waals surface area contributed by atoms with E-state index >= 15 is 0 Å². The fraction of sp³-hybridized carbons (Fsp3) is 0.231. The summed E-state index contributed by atoms with van der Waals surface area (Å²) in [6.07, 6.45) is 0. The third kappa shape index (κ3) is 3.63. The molecule has 0 radical (unpaired) electrons. The van der Waals surface area contributed by atoms with Gasteiger partial charge >= 0.3 is 0 Å². The summed E-state index contributed by atoms with van der Waals surface area (Å²) in [6.45, 7) is 2.06. The summed E-state index contributed by atoms with van der Waals surface area (Å²) in [5.74, 6) is 0.127. The van der Waals surface area contributed by atoms with Gasteiger partial charge in [-0.05, 0) is 59.7 Å². The Morgan fingerprint density at radius 2 is 2.05 bits per heavy atom. The van der Waals surface area contributed by atoms with Crippen molar-refractivity contribution in [3.8, 4) is 0 Å². The first-order chi connectivity index (χ1) is 9.83. The minimum atomic E-state index is -3.58. The maximum atomic E-state index is 13.3. The number of rotatable bonds is 5. The molecule has 0 saturated heterocycles. The Bertz CT molecular complexity index is 759. The van der Waals surface area contributed by atoms with Crippen LogP contribution in [0.15, 0.2) is 38.2 Å². The molecule has 0 spiro atoms. The topological polar surface area (TPSA) is 71.3 Å². The predicted octanol–water partition coefficient (Wildman–Crippen LogP) is 3.01. The number of hydrogen-bond acceptors (Lipinski definition) is 4. The van der Waals surface area contributed by atoms with Crippen molar-refractivity contribution in [3.63, 3.8) is 0 Å². The van der Waals surface area contributed by atoms with Crippen molar-refractivity contribution in [1.82, 2.24) is 4.72 Å². The predicted molar refractivity (Wildman–Crippen MR) is 81.1 cm³/mol. The molecular weight excluding hydrogens is 363 g/mol. The molecule has 0 fully saturated rings. The molecule has 2 N–H and O–H groups in total. The van der Waals surface area contributed by atoms with Crippen LogP contribution in [0, 0.1) is 12.7 Å². The van der Waals surface area contributed by atoms with Crippen molar-refractivity contribution in [3.05, 3.63) is 45.9 Å². The summed E-state index contributed by atoms with van der Waals surface area (Å²) in [5.41, 5.74) is 1.48. The Kier molecular flexibility index (Phi) is 4.70. The number of hydrogen-bond donors (Lipinski definition) is 2. The maximum absolute atomic E-state index is 13.3. The molecule has 0 aliphatic carbocycles. The van der Waals surface area contributed by atoms with Crippen molar-refractivity contribution in [2.45, 2.75) is 18.6 Å². The molecular formula is C13H14BrFN2O3S. The van der Waals surface area contributed by atoms with E-state index < -0.39 is 10.0 Å². The first-order valence-electron chi connectivity index (χ1n) is 6.05. The summed E-state index contributed by atoms with van der Waals surface area (Å²) in [6, 6.07) is 5.99. The second-order valence-electron chi connectivity index (χ2n) is 4.36. The highest BCUT2D eigenvalue weighted by Gasteiger charge is 2.16. The van der Waals surface area contributed by atoms with E-state index in [1.807, 2.05) is 0 Å². The van der Waals surface area contributed by atoms with Crippen molar-refractivity contribution in [2.24, 2.45) is 0 Å². The van der Waals surface area contributed by atoms with E-state index in [0.717, 1.165) is 11.3 Å². The van der Waals surface area contributed by atoms with Crippen LogP contribution in [0.5, 0.6) is 0 Å². The molecule has 114 valence electrons. The first kappa shape index (κ1) is 16.0. The van der Waals surface area contributed by atoms with E-state index in [2.05, 4.69) is 26.0 Å². The lowest BCUT2D eigenvalue weighted by atomic mass is 10.2. The van der Waals surface area contributed by atoms with Gasteiger partial charge in [-0.1, -0.05) is 0 Å². The standard InChI is InChI=1S/C13H14BrFN2O3S/c1-8-5-11(15)10(14)6-12(8)17-7-9-3-4-13(20-9)21(18,19)16-2/h3-6,16-17H,7H2,1-2H3. The second kappa shape index (κ2) is 6.17. The molecule has 0 aliphatic heterocycles. The van der Waals surface area contributed by atoms with Gasteiger partial charge in [-0.15, -0.1) is 0 Å². The van der Waals surface area contributed by atoms with Crippen LogP contribution in [0.1, 0.15) is 11.3 Å². The van der Waals surface area contributed by atoms with Crippen LogP contribution in [-0.4, -0.2) is 15.5 Å². The van der Waals surface area contributed by atoms with Crippen molar-refractivity contribution < 1.29 is 17.2 Å². The molecule has 5 nitrogen and oxygen atoms in total. The van der Waals surface area contributed by atoms with Gasteiger partial charge in [-0.25, -0.2) is 17.5 Å². The minimum absolute atomic E-state index is 0.140. The molecule has 2 rings (SSSR count). The summed E-state index contributed by atoms with van der Waals surface area (Å²) >= 11 is 3.12. The fourth-order valence-corrected chi connectivity index (χ4v) is 2.73. The smallest absolute Gasteiger partial charge is 0.273 e. The van der Waals surface area contributed by atoms with Gasteiger partial charge in [0, 0.05) is 5.69 Å². The molecule has 0 aliphatic rings. The molecule has 0 unspecified atom stereocenters. The zero-order chi connectivity index (χ0) is 15.6. The Morgan fingerprint density at radius 1 is 1.33 bits per heavy atom. The van der Waals surface area contributed by atoms with Crippen LogP contribution < -0.4 is 10.0 Å². The summed E-state index contributed by atoms with van der Waals surface area (Å²) < 4.78 is 44.2. The minimum Gasteiger partial charge on any atom is -0.446 e. The van der Waals surface area contributed by atoms with E-state index in [1.54, 1.807) is 19.1 Å². The third-order valence-electron chi connectivity index (χ3n) is 2.89. The van der Waals surface area contributed by atoms with Gasteiger partial charge < -0.3 is 9.73 Å². The molecule has 0 amide bonds. The highest BCUT2D eigenvalue weighted by molar-refractivity contribution is 9.10. The Hall–Kier alpha value is -1.38. The second-order valence-corrected chi connectivity index (χ2v) is 7.03. The van der Waals surface area contributed by atoms with Crippen LogP contribution in [0.2, 0.25) is 0 Å². The van der Waals surface area contributed by atoms with Crippen LogP contribution >= 0.6 is 15.9 Å². The molecule has 1 aromatic heterocycles. The van der Waals surface area contributed by atoms with E-state index in [1.165, 1.54) is 19.2 Å². The lowest BCUT2D eigenvalue weighted by Gasteiger charge is -2.09. The van der Waals surface area contributed by atoms with Crippen LogP contribution in [0.25, 0.3) is 0 Å². The third-order valence-corrected chi connectivity index (χ3v) is 4.79. The van der Waals surface area contributed by atoms with Crippen LogP contribution in [-0.2, 0) is 16.6 Å². The van der Waals surface area contributed by atoms with Crippen molar-refractivity contribution in [1.29, 1.82) is 0 Å². The SMILES string of the molecule is CNS(=O)(=O)c1ccc(CNc2cc(Br)c(F)cc2C)o1. The van der Waals surface area contributed by atoms with Crippen molar-refractivity contribution in [2.75, 3.05) is 12.4 Å². The summed E-state index contributed by atoms with van der Waals surface area (Å²) in [5, 5.41) is 2.93. The monoisotopic (exact) mass is 376 g/mol. The highest BCUT2D eigenvalue weighted by Crippen LogP contribution is 2.25. The van der Waals surface area contributed by atoms with Crippen LogP contribution in [0.3, 0.4) is 0 Å². The van der Waals surface area contributed by atoms with Gasteiger partial charge in [-0.3, -0.25) is 0 Å². The normalized spacial score (nSPS) is 11.6. The zero-order valence-electron chi connectivity index (χ0n) is 11.4. The molecule has 1 heterocycles. The number of sulfonamides is 1. The van der Waals surface area contributed by atoms with Gasteiger partial charge in [0.1, 0.15) is 11.6 Å². The maximum Gasteiger partial charge on any atom is 0.273 e. The lowest BCUT2D eigenvalue weighted by Crippen LogP contribution is -2.17. The molecule has 0 bridgehead atoms. The Morgan fingerprint density at radius 3 is 2.71 bits per heavy atom.